The Labute approximate surface area is 143 Å². The van der Waals surface area contributed by atoms with Gasteiger partial charge in [0.2, 0.25) is 0 Å². The molecule has 0 saturated carbocycles. The van der Waals surface area contributed by atoms with Gasteiger partial charge in [0.05, 0.1) is 11.4 Å². The smallest absolute Gasteiger partial charge is 0.255 e. The molecule has 1 saturated heterocycles. The highest BCUT2D eigenvalue weighted by atomic mass is 16.1. The normalized spacial score (nSPS) is 15.3. The Balaban J connectivity index is 1.71. The summed E-state index contributed by atoms with van der Waals surface area (Å²) in [6.07, 6.45) is 0. The van der Waals surface area contributed by atoms with Gasteiger partial charge in [-0.15, -0.1) is 0 Å². The van der Waals surface area contributed by atoms with E-state index < -0.39 is 0 Å². The van der Waals surface area contributed by atoms with Gasteiger partial charge in [0, 0.05) is 37.4 Å². The van der Waals surface area contributed by atoms with Crippen LogP contribution >= 0.6 is 0 Å². The van der Waals surface area contributed by atoms with Crippen LogP contribution in [0.15, 0.2) is 42.5 Å². The highest BCUT2D eigenvalue weighted by molar-refractivity contribution is 6.04. The summed E-state index contributed by atoms with van der Waals surface area (Å²) in [7, 11) is 2.13. The Bertz CT molecular complexity index is 736. The fourth-order valence-corrected chi connectivity index (χ4v) is 2.96. The molecule has 3 N–H and O–H groups in total. The highest BCUT2D eigenvalue weighted by Crippen LogP contribution is 2.27. The van der Waals surface area contributed by atoms with Crippen LogP contribution in [0.5, 0.6) is 0 Å². The molecule has 24 heavy (non-hydrogen) atoms. The van der Waals surface area contributed by atoms with E-state index in [1.165, 1.54) is 0 Å². The van der Waals surface area contributed by atoms with Crippen molar-refractivity contribution in [3.05, 3.63) is 53.6 Å². The number of nitrogens with zero attached hydrogens (tertiary/aromatic N) is 2. The highest BCUT2D eigenvalue weighted by Gasteiger charge is 2.16. The maximum absolute atomic E-state index is 12.3. The molecule has 1 amide bonds. The Morgan fingerprint density at radius 3 is 2.50 bits per heavy atom. The second kappa shape index (κ2) is 6.93. The topological polar surface area (TPSA) is 61.6 Å². The number of hydrogen-bond donors (Lipinski definition) is 2. The maximum Gasteiger partial charge on any atom is 0.255 e. The van der Waals surface area contributed by atoms with Crippen molar-refractivity contribution in [2.24, 2.45) is 0 Å². The molecule has 1 fully saturated rings. The molecule has 126 valence electrons. The number of anilines is 3. The van der Waals surface area contributed by atoms with Crippen molar-refractivity contribution in [1.29, 1.82) is 0 Å². The van der Waals surface area contributed by atoms with Crippen LogP contribution in [0.4, 0.5) is 17.1 Å². The first-order chi connectivity index (χ1) is 11.5. The van der Waals surface area contributed by atoms with E-state index in [0.29, 0.717) is 11.3 Å². The second-order valence-corrected chi connectivity index (χ2v) is 6.39. The Morgan fingerprint density at radius 1 is 1.08 bits per heavy atom. The summed E-state index contributed by atoms with van der Waals surface area (Å²) in [5, 5.41) is 2.92. The number of nitrogens with one attached hydrogen (secondary N) is 1. The molecular weight excluding hydrogens is 300 g/mol. The Hall–Kier alpha value is -2.53. The van der Waals surface area contributed by atoms with Crippen molar-refractivity contribution in [2.45, 2.75) is 6.92 Å². The molecule has 2 aromatic rings. The first-order valence-electron chi connectivity index (χ1n) is 8.24. The minimum atomic E-state index is -0.120. The van der Waals surface area contributed by atoms with Gasteiger partial charge >= 0.3 is 0 Å². The third-order valence-corrected chi connectivity index (χ3v) is 4.41. The van der Waals surface area contributed by atoms with Crippen LogP contribution in [-0.4, -0.2) is 44.0 Å². The van der Waals surface area contributed by atoms with Gasteiger partial charge in [-0.05, 0) is 44.3 Å². The molecule has 0 atom stereocenters. The molecule has 3 rings (SSSR count). The van der Waals surface area contributed by atoms with Crippen LogP contribution in [0, 0.1) is 6.92 Å². The van der Waals surface area contributed by atoms with Gasteiger partial charge < -0.3 is 20.9 Å². The Kier molecular flexibility index (Phi) is 4.71. The lowest BCUT2D eigenvalue weighted by molar-refractivity contribution is 0.102. The predicted octanol–water partition coefficient (Wildman–Crippen LogP) is 2.58. The number of carbonyl (C=O) groups is 1. The van der Waals surface area contributed by atoms with Gasteiger partial charge in [-0.1, -0.05) is 17.7 Å². The van der Waals surface area contributed by atoms with Gasteiger partial charge in [0.25, 0.3) is 5.91 Å². The SMILES string of the molecule is Cc1cccc(C(=O)Nc2ccc(N3CCN(C)CC3)c(N)c2)c1. The average Bonchev–Trinajstić information content (AvgIpc) is 2.56. The summed E-state index contributed by atoms with van der Waals surface area (Å²) in [6.45, 7) is 5.97. The first-order valence-corrected chi connectivity index (χ1v) is 8.24. The summed E-state index contributed by atoms with van der Waals surface area (Å²) in [5.41, 5.74) is 10.4. The molecule has 5 heteroatoms. The maximum atomic E-state index is 12.3. The fraction of sp³-hybridized carbons (Fsp3) is 0.316. The van der Waals surface area contributed by atoms with E-state index in [9.17, 15) is 4.79 Å². The van der Waals surface area contributed by atoms with Crippen LogP contribution in [-0.2, 0) is 0 Å². The van der Waals surface area contributed by atoms with Crippen molar-refractivity contribution in [3.8, 4) is 0 Å². The van der Waals surface area contributed by atoms with Crippen LogP contribution in [0.1, 0.15) is 15.9 Å². The molecule has 1 aliphatic rings. The zero-order chi connectivity index (χ0) is 17.1. The lowest BCUT2D eigenvalue weighted by atomic mass is 10.1. The summed E-state index contributed by atoms with van der Waals surface area (Å²) in [5.74, 6) is -0.120. The van der Waals surface area contributed by atoms with E-state index in [2.05, 4.69) is 22.2 Å². The molecule has 1 aliphatic heterocycles. The fourth-order valence-electron chi connectivity index (χ4n) is 2.96. The minimum absolute atomic E-state index is 0.120. The minimum Gasteiger partial charge on any atom is -0.397 e. The van der Waals surface area contributed by atoms with Crippen LogP contribution in [0.2, 0.25) is 0 Å². The number of aryl methyl sites for hydroxylation is 1. The lowest BCUT2D eigenvalue weighted by Crippen LogP contribution is -2.44. The van der Waals surface area contributed by atoms with Crippen LogP contribution in [0.3, 0.4) is 0 Å². The number of nitrogen functional groups attached to an aromatic ring is 1. The molecule has 0 unspecified atom stereocenters. The molecule has 0 spiro atoms. The number of benzene rings is 2. The van der Waals surface area contributed by atoms with Gasteiger partial charge in [0.15, 0.2) is 0 Å². The van der Waals surface area contributed by atoms with E-state index in [4.69, 9.17) is 5.73 Å². The standard InChI is InChI=1S/C19H24N4O/c1-14-4-3-5-15(12-14)19(24)21-16-6-7-18(17(20)13-16)23-10-8-22(2)9-11-23/h3-7,12-13H,8-11,20H2,1-2H3,(H,21,24). The van der Waals surface area contributed by atoms with E-state index in [1.54, 1.807) is 0 Å². The van der Waals surface area contributed by atoms with Crippen molar-refractivity contribution >= 4 is 23.0 Å². The van der Waals surface area contributed by atoms with Crippen molar-refractivity contribution in [3.63, 3.8) is 0 Å². The summed E-state index contributed by atoms with van der Waals surface area (Å²) in [4.78, 5) is 16.9. The third kappa shape index (κ3) is 3.68. The van der Waals surface area contributed by atoms with Gasteiger partial charge in [0.1, 0.15) is 0 Å². The van der Waals surface area contributed by atoms with Gasteiger partial charge in [-0.25, -0.2) is 0 Å². The van der Waals surface area contributed by atoms with Crippen LogP contribution in [0.25, 0.3) is 0 Å². The van der Waals surface area contributed by atoms with Crippen LogP contribution < -0.4 is 16.0 Å². The third-order valence-electron chi connectivity index (χ3n) is 4.41. The summed E-state index contributed by atoms with van der Waals surface area (Å²) < 4.78 is 0. The molecule has 0 bridgehead atoms. The number of carbonyl (C=O) groups excluding carboxylic acids is 1. The monoisotopic (exact) mass is 324 g/mol. The lowest BCUT2D eigenvalue weighted by Gasteiger charge is -2.34. The zero-order valence-corrected chi connectivity index (χ0v) is 14.2. The number of likely N-dealkylation sites (N-methyl/N-ethyl adjacent to an activating group) is 1. The second-order valence-electron chi connectivity index (χ2n) is 6.39. The average molecular weight is 324 g/mol. The summed E-state index contributed by atoms with van der Waals surface area (Å²) in [6, 6.07) is 13.3. The Morgan fingerprint density at radius 2 is 1.83 bits per heavy atom. The van der Waals surface area contributed by atoms with E-state index in [-0.39, 0.29) is 5.91 Å². The number of piperazine rings is 1. The molecule has 0 radical (unpaired) electrons. The van der Waals surface area contributed by atoms with Gasteiger partial charge in [-0.3, -0.25) is 4.79 Å². The zero-order valence-electron chi connectivity index (χ0n) is 14.2. The van der Waals surface area contributed by atoms with Gasteiger partial charge in [-0.2, -0.15) is 0 Å². The number of hydrogen-bond acceptors (Lipinski definition) is 4. The first kappa shape index (κ1) is 16.3. The van der Waals surface area contributed by atoms with Crippen molar-refractivity contribution in [1.82, 2.24) is 4.90 Å². The number of rotatable bonds is 3. The van der Waals surface area contributed by atoms with Crippen molar-refractivity contribution < 1.29 is 4.79 Å². The van der Waals surface area contributed by atoms with E-state index in [0.717, 1.165) is 43.1 Å². The molecular formula is C19H24N4O. The number of nitrogens with two attached hydrogens (primary N) is 1. The largest absolute Gasteiger partial charge is 0.397 e. The number of amides is 1. The van der Waals surface area contributed by atoms with E-state index in [1.807, 2.05) is 49.4 Å². The molecule has 2 aromatic carbocycles. The predicted molar refractivity (Wildman–Crippen MR) is 99.7 cm³/mol. The molecule has 1 heterocycles. The van der Waals surface area contributed by atoms with E-state index >= 15 is 0 Å². The van der Waals surface area contributed by atoms with Crippen molar-refractivity contribution in [2.75, 3.05) is 49.2 Å². The molecule has 0 aliphatic carbocycles. The summed E-state index contributed by atoms with van der Waals surface area (Å²) >= 11 is 0. The quantitative estimate of drug-likeness (QED) is 0.852. The molecule has 5 nitrogen and oxygen atoms in total. The molecule has 0 aromatic heterocycles.